The Bertz CT molecular complexity index is 730. The van der Waals surface area contributed by atoms with Crippen molar-refractivity contribution in [2.24, 2.45) is 5.92 Å². The zero-order valence-corrected chi connectivity index (χ0v) is 14.6. The lowest BCUT2D eigenvalue weighted by atomic mass is 10.2. The van der Waals surface area contributed by atoms with Crippen molar-refractivity contribution >= 4 is 40.5 Å². The highest BCUT2D eigenvalue weighted by atomic mass is 32.2. The van der Waals surface area contributed by atoms with Gasteiger partial charge in [-0.05, 0) is 29.5 Å². The van der Waals surface area contributed by atoms with Gasteiger partial charge in [-0.1, -0.05) is 19.9 Å². The fourth-order valence-electron chi connectivity index (χ4n) is 2.39. The van der Waals surface area contributed by atoms with Crippen LogP contribution in [0.1, 0.15) is 24.5 Å². The molecule has 0 atom stereocenters. The van der Waals surface area contributed by atoms with Crippen LogP contribution in [0.25, 0.3) is 5.57 Å². The van der Waals surface area contributed by atoms with Crippen molar-refractivity contribution in [1.82, 2.24) is 4.90 Å². The van der Waals surface area contributed by atoms with Crippen LogP contribution in [0.2, 0.25) is 0 Å². The molecule has 1 aliphatic heterocycles. The first-order valence-electron chi connectivity index (χ1n) is 7.37. The Morgan fingerprint density at radius 3 is 2.65 bits per heavy atom. The molecule has 0 bridgehead atoms. The molecule has 2 aromatic heterocycles. The molecule has 0 saturated carbocycles. The van der Waals surface area contributed by atoms with Crippen molar-refractivity contribution in [2.45, 2.75) is 19.6 Å². The topological polar surface area (TPSA) is 50.5 Å². The molecule has 23 heavy (non-hydrogen) atoms. The van der Waals surface area contributed by atoms with E-state index in [0.717, 1.165) is 10.6 Å². The smallest absolute Gasteiger partial charge is 0.268 e. The first-order valence-corrected chi connectivity index (χ1v) is 9.24. The van der Waals surface area contributed by atoms with Gasteiger partial charge in [0.15, 0.2) is 0 Å². The van der Waals surface area contributed by atoms with Crippen LogP contribution >= 0.6 is 23.1 Å². The van der Waals surface area contributed by atoms with E-state index in [-0.39, 0.29) is 17.7 Å². The van der Waals surface area contributed by atoms with Crippen molar-refractivity contribution in [3.8, 4) is 0 Å². The molecular formula is C17H17NO3S2. The Labute approximate surface area is 143 Å². The lowest BCUT2D eigenvalue weighted by Crippen LogP contribution is -2.34. The third-order valence-electron chi connectivity index (χ3n) is 3.38. The molecule has 2 aromatic rings. The number of rotatable bonds is 6. The summed E-state index contributed by atoms with van der Waals surface area (Å²) in [6.07, 6.45) is 1.61. The average Bonchev–Trinajstić information content (AvgIpc) is 3.23. The predicted octanol–water partition coefficient (Wildman–Crippen LogP) is 4.01. The van der Waals surface area contributed by atoms with Gasteiger partial charge in [0.05, 0.1) is 22.5 Å². The fourth-order valence-corrected chi connectivity index (χ4v) is 4.25. The Balaban J connectivity index is 1.91. The van der Waals surface area contributed by atoms with Crippen LogP contribution in [0.4, 0.5) is 0 Å². The van der Waals surface area contributed by atoms with E-state index in [1.54, 1.807) is 6.26 Å². The number of thioether (sulfide) groups is 1. The number of hydrogen-bond acceptors (Lipinski definition) is 5. The Hall–Kier alpha value is -1.79. The maximum Gasteiger partial charge on any atom is 0.268 e. The Morgan fingerprint density at radius 2 is 2.04 bits per heavy atom. The molecular weight excluding hydrogens is 330 g/mol. The number of furan rings is 1. The monoisotopic (exact) mass is 347 g/mol. The van der Waals surface area contributed by atoms with E-state index < -0.39 is 0 Å². The molecule has 0 N–H and O–H groups in total. The van der Waals surface area contributed by atoms with Crippen molar-refractivity contribution in [3.05, 3.63) is 51.5 Å². The maximum atomic E-state index is 12.7. The molecule has 0 spiro atoms. The van der Waals surface area contributed by atoms with E-state index in [0.29, 0.717) is 22.8 Å². The number of thiophene rings is 1. The number of carbonyl (C=O) groups excluding carboxylic acids is 2. The van der Waals surface area contributed by atoms with E-state index in [4.69, 9.17) is 4.42 Å². The number of hydrogen-bond donors (Lipinski definition) is 0. The van der Waals surface area contributed by atoms with Crippen molar-refractivity contribution in [1.29, 1.82) is 0 Å². The molecule has 3 rings (SSSR count). The summed E-state index contributed by atoms with van der Waals surface area (Å²) in [5, 5.41) is 1.92. The molecule has 0 radical (unpaired) electrons. The third kappa shape index (κ3) is 3.28. The van der Waals surface area contributed by atoms with Gasteiger partial charge in [-0.25, -0.2) is 0 Å². The van der Waals surface area contributed by atoms with Crippen LogP contribution in [0.5, 0.6) is 0 Å². The summed E-state index contributed by atoms with van der Waals surface area (Å²) >= 11 is 2.85. The zero-order chi connectivity index (χ0) is 16.4. The van der Waals surface area contributed by atoms with E-state index >= 15 is 0 Å². The van der Waals surface area contributed by atoms with Gasteiger partial charge in [0.2, 0.25) is 0 Å². The van der Waals surface area contributed by atoms with E-state index in [1.165, 1.54) is 28.0 Å². The SMILES string of the molecule is CC(C)CN1C(=O)C(SCc2ccco2)=C(c2cccs2)C1=O. The molecule has 0 aliphatic carbocycles. The lowest BCUT2D eigenvalue weighted by molar-refractivity contribution is -0.137. The van der Waals surface area contributed by atoms with Gasteiger partial charge in [-0.2, -0.15) is 0 Å². The van der Waals surface area contributed by atoms with Crippen molar-refractivity contribution in [2.75, 3.05) is 6.54 Å². The van der Waals surface area contributed by atoms with E-state index in [1.807, 2.05) is 43.5 Å². The molecule has 2 amide bonds. The summed E-state index contributed by atoms with van der Waals surface area (Å²) in [7, 11) is 0. The van der Waals surface area contributed by atoms with Gasteiger partial charge in [-0.15, -0.1) is 23.1 Å². The van der Waals surface area contributed by atoms with Crippen LogP contribution in [0.3, 0.4) is 0 Å². The summed E-state index contributed by atoms with van der Waals surface area (Å²) in [4.78, 5) is 28.2. The highest BCUT2D eigenvalue weighted by Gasteiger charge is 2.39. The highest BCUT2D eigenvalue weighted by Crippen LogP contribution is 2.39. The van der Waals surface area contributed by atoms with Gasteiger partial charge in [0.1, 0.15) is 5.76 Å². The summed E-state index contributed by atoms with van der Waals surface area (Å²) in [5.74, 6) is 1.18. The number of nitrogens with zero attached hydrogens (tertiary/aromatic N) is 1. The van der Waals surface area contributed by atoms with E-state index in [9.17, 15) is 9.59 Å². The van der Waals surface area contributed by atoms with Gasteiger partial charge >= 0.3 is 0 Å². The second kappa shape index (κ2) is 6.76. The summed E-state index contributed by atoms with van der Waals surface area (Å²) in [6.45, 7) is 4.44. The number of imide groups is 1. The van der Waals surface area contributed by atoms with Gasteiger partial charge in [0.25, 0.3) is 11.8 Å². The third-order valence-corrected chi connectivity index (χ3v) is 5.36. The molecule has 6 heteroatoms. The standard InChI is InChI=1S/C17H17NO3S2/c1-11(2)9-18-16(19)14(13-6-4-8-22-13)15(17(18)20)23-10-12-5-3-7-21-12/h3-8,11H,9-10H2,1-2H3. The molecule has 1 aliphatic rings. The predicted molar refractivity (Wildman–Crippen MR) is 92.8 cm³/mol. The quantitative estimate of drug-likeness (QED) is 0.741. The second-order valence-electron chi connectivity index (χ2n) is 5.66. The number of carbonyl (C=O) groups is 2. The molecule has 0 aromatic carbocycles. The summed E-state index contributed by atoms with van der Waals surface area (Å²) in [6, 6.07) is 7.46. The minimum absolute atomic E-state index is 0.187. The first-order chi connectivity index (χ1) is 11.1. The minimum atomic E-state index is -0.191. The average molecular weight is 347 g/mol. The van der Waals surface area contributed by atoms with Gasteiger partial charge in [-0.3, -0.25) is 14.5 Å². The normalized spacial score (nSPS) is 15.3. The number of amides is 2. The fraction of sp³-hybridized carbons (Fsp3) is 0.294. The van der Waals surface area contributed by atoms with Crippen LogP contribution in [-0.4, -0.2) is 23.3 Å². The largest absolute Gasteiger partial charge is 0.468 e. The second-order valence-corrected chi connectivity index (χ2v) is 7.60. The minimum Gasteiger partial charge on any atom is -0.468 e. The lowest BCUT2D eigenvalue weighted by Gasteiger charge is -2.17. The molecule has 4 nitrogen and oxygen atoms in total. The van der Waals surface area contributed by atoms with Crippen LogP contribution in [0, 0.1) is 5.92 Å². The highest BCUT2D eigenvalue weighted by molar-refractivity contribution is 8.03. The molecule has 0 saturated heterocycles. The summed E-state index contributed by atoms with van der Waals surface area (Å²) in [5.41, 5.74) is 0.530. The van der Waals surface area contributed by atoms with E-state index in [2.05, 4.69) is 0 Å². The van der Waals surface area contributed by atoms with Gasteiger partial charge in [0, 0.05) is 11.4 Å². The molecule has 120 valence electrons. The molecule has 0 fully saturated rings. The van der Waals surface area contributed by atoms with Crippen LogP contribution in [0.15, 0.2) is 45.2 Å². The van der Waals surface area contributed by atoms with Gasteiger partial charge < -0.3 is 4.42 Å². The Morgan fingerprint density at radius 1 is 1.22 bits per heavy atom. The van der Waals surface area contributed by atoms with Crippen LogP contribution in [-0.2, 0) is 15.3 Å². The van der Waals surface area contributed by atoms with Crippen molar-refractivity contribution in [3.63, 3.8) is 0 Å². The first kappa shape index (κ1) is 16.1. The maximum absolute atomic E-state index is 12.7. The zero-order valence-electron chi connectivity index (χ0n) is 12.9. The molecule has 0 unspecified atom stereocenters. The van der Waals surface area contributed by atoms with Crippen LogP contribution < -0.4 is 0 Å². The van der Waals surface area contributed by atoms with Crippen molar-refractivity contribution < 1.29 is 14.0 Å². The molecule has 3 heterocycles. The summed E-state index contributed by atoms with van der Waals surface area (Å²) < 4.78 is 5.32. The Kier molecular flexibility index (Phi) is 4.73.